The Balaban J connectivity index is 1.15. The molecule has 6 aromatic rings. The molecule has 8 rings (SSSR count). The lowest BCUT2D eigenvalue weighted by Crippen LogP contribution is -2.27. The summed E-state index contributed by atoms with van der Waals surface area (Å²) in [7, 11) is 0. The zero-order chi connectivity index (χ0) is 51.9. The van der Waals surface area contributed by atoms with Crippen LogP contribution in [0.3, 0.4) is 0 Å². The first kappa shape index (κ1) is 52.1. The predicted molar refractivity (Wildman–Crippen MR) is 304 cm³/mol. The number of fused-ring (bicyclic) bond motifs is 2. The van der Waals surface area contributed by atoms with Gasteiger partial charge in [0.25, 0.3) is 0 Å². The van der Waals surface area contributed by atoms with Crippen molar-refractivity contribution in [2.45, 2.75) is 180 Å². The highest BCUT2D eigenvalue weighted by atomic mass is 16.3. The van der Waals surface area contributed by atoms with Gasteiger partial charge in [0.1, 0.15) is 23.0 Å². The number of nitrogens with zero attached hydrogens (tertiary/aromatic N) is 4. The van der Waals surface area contributed by atoms with Crippen LogP contribution in [0, 0.1) is 0 Å². The minimum absolute atomic E-state index is 0.0385. The summed E-state index contributed by atoms with van der Waals surface area (Å²) in [6, 6.07) is 27.8. The lowest BCUT2D eigenvalue weighted by Gasteiger charge is -2.28. The van der Waals surface area contributed by atoms with Gasteiger partial charge in [-0.15, -0.1) is 0 Å². The van der Waals surface area contributed by atoms with Crippen LogP contribution >= 0.6 is 0 Å². The van der Waals surface area contributed by atoms with Crippen molar-refractivity contribution in [1.82, 2.24) is 0 Å². The second-order valence-corrected chi connectivity index (χ2v) is 24.7. The van der Waals surface area contributed by atoms with Gasteiger partial charge >= 0.3 is 0 Å². The molecule has 2 aliphatic rings. The second-order valence-electron chi connectivity index (χ2n) is 24.7. The highest BCUT2D eigenvalue weighted by Gasteiger charge is 2.30. The lowest BCUT2D eigenvalue weighted by molar-refractivity contribution is 0.390. The number of phenols is 4. The third-order valence-corrected chi connectivity index (χ3v) is 15.0. The van der Waals surface area contributed by atoms with Crippen molar-refractivity contribution in [2.24, 2.45) is 20.0 Å². The van der Waals surface area contributed by atoms with Gasteiger partial charge in [-0.25, -0.2) is 0 Å². The van der Waals surface area contributed by atoms with Gasteiger partial charge in [-0.1, -0.05) is 169 Å². The smallest absolute Gasteiger partial charge is 0.132 e. The number of rotatable bonds is 9. The van der Waals surface area contributed by atoms with Crippen molar-refractivity contribution in [2.75, 3.05) is 0 Å². The summed E-state index contributed by atoms with van der Waals surface area (Å²) in [5, 5.41) is 51.5. The Morgan fingerprint density at radius 3 is 0.958 bits per heavy atom. The third kappa shape index (κ3) is 11.2. The minimum atomic E-state index is -0.247. The van der Waals surface area contributed by atoms with Crippen LogP contribution in [0.5, 0.6) is 23.0 Å². The summed E-state index contributed by atoms with van der Waals surface area (Å²) in [5.74, 6) is 0.618. The Kier molecular flexibility index (Phi) is 14.7. The number of hydrogen-bond acceptors (Lipinski definition) is 8. The molecule has 0 spiro atoms. The van der Waals surface area contributed by atoms with Crippen LogP contribution in [0.2, 0.25) is 0 Å². The largest absolute Gasteiger partial charge is 0.507 e. The van der Waals surface area contributed by atoms with Crippen LogP contribution in [0.1, 0.15) is 179 Å². The van der Waals surface area contributed by atoms with Crippen LogP contribution in [-0.2, 0) is 21.7 Å². The Bertz CT molecular complexity index is 2890. The number of aromatic hydroxyl groups is 4. The molecule has 4 unspecified atom stereocenters. The van der Waals surface area contributed by atoms with Crippen molar-refractivity contribution in [3.05, 3.63) is 129 Å². The molecule has 72 heavy (non-hydrogen) atoms. The lowest BCUT2D eigenvalue weighted by atomic mass is 9.79. The molecule has 4 N–H and O–H groups in total. The van der Waals surface area contributed by atoms with Crippen LogP contribution < -0.4 is 0 Å². The van der Waals surface area contributed by atoms with Gasteiger partial charge in [0, 0.05) is 69.4 Å². The first-order valence-electron chi connectivity index (χ1n) is 26.3. The molecule has 8 heteroatoms. The van der Waals surface area contributed by atoms with Gasteiger partial charge in [0.15, 0.2) is 0 Å². The molecule has 6 aromatic carbocycles. The molecule has 0 aromatic heterocycles. The third-order valence-electron chi connectivity index (χ3n) is 15.0. The Morgan fingerprint density at radius 1 is 0.375 bits per heavy atom. The molecule has 0 amide bonds. The molecule has 0 radical (unpaired) electrons. The standard InChI is InChI=1S/C64H78N4O4/c1-61(2,3)45-31-43(57(69)49(33-45)63(7,8)9)37-67-53-27-19-17-25-51(53)65-35-41-29-39-21-13-15-23-47(39)55(59(41)71)56-48-24-16-14-22-40(48)30-42(60(56)72)36-66-52-26-18-20-28-54(52)68-38-44-32-46(62(4,5)6)34-50(58(44)70)64(10,11)12/h13-16,21-24,29-38,51-54,69-72H,17-20,25-28H2,1-12H3. The van der Waals surface area contributed by atoms with E-state index in [1.165, 1.54) is 0 Å². The van der Waals surface area contributed by atoms with E-state index in [4.69, 9.17) is 20.0 Å². The number of aliphatic imine (C=N–C) groups is 4. The zero-order valence-corrected chi connectivity index (χ0v) is 44.9. The van der Waals surface area contributed by atoms with Gasteiger partial charge < -0.3 is 20.4 Å². The maximum Gasteiger partial charge on any atom is 0.132 e. The monoisotopic (exact) mass is 967 g/mol. The van der Waals surface area contributed by atoms with E-state index in [0.29, 0.717) is 22.3 Å². The van der Waals surface area contributed by atoms with E-state index in [0.717, 1.165) is 106 Å². The van der Waals surface area contributed by atoms with Crippen LogP contribution in [0.15, 0.2) is 105 Å². The fraction of sp³-hybridized carbons (Fsp3) is 0.438. The predicted octanol–water partition coefficient (Wildman–Crippen LogP) is 15.4. The van der Waals surface area contributed by atoms with Gasteiger partial charge in [0.05, 0.1) is 24.2 Å². The summed E-state index contributed by atoms with van der Waals surface area (Å²) >= 11 is 0. The summed E-state index contributed by atoms with van der Waals surface area (Å²) in [5.41, 5.74) is 7.03. The SMILES string of the molecule is CC(C)(C)c1cc(C=NC2CCCCC2N=Cc2cc3ccccc3c(-c3c(O)c(C=NC4CCCCC4N=Cc4cc(C(C)(C)C)cc(C(C)(C)C)c4O)cc4ccccc34)c2O)c(O)c(C(C)(C)C)c1. The van der Waals surface area contributed by atoms with Crippen molar-refractivity contribution in [3.8, 4) is 34.1 Å². The number of hydrogen-bond donors (Lipinski definition) is 4. The maximum atomic E-state index is 12.5. The fourth-order valence-corrected chi connectivity index (χ4v) is 10.5. The number of phenolic OH excluding ortho intramolecular Hbond substituents is 4. The van der Waals surface area contributed by atoms with E-state index < -0.39 is 0 Å². The number of benzene rings is 6. The summed E-state index contributed by atoms with van der Waals surface area (Å²) < 4.78 is 0. The molecule has 4 atom stereocenters. The topological polar surface area (TPSA) is 130 Å². The Hall–Kier alpha value is -6.28. The molecule has 0 bridgehead atoms. The van der Waals surface area contributed by atoms with Crippen molar-refractivity contribution < 1.29 is 20.4 Å². The molecular weight excluding hydrogens is 889 g/mol. The molecule has 8 nitrogen and oxygen atoms in total. The Morgan fingerprint density at radius 2 is 0.667 bits per heavy atom. The zero-order valence-electron chi connectivity index (χ0n) is 44.9. The van der Waals surface area contributed by atoms with E-state index in [-0.39, 0.29) is 68.8 Å². The molecule has 378 valence electrons. The van der Waals surface area contributed by atoms with E-state index in [9.17, 15) is 20.4 Å². The van der Waals surface area contributed by atoms with Gasteiger partial charge in [-0.05, 0) is 104 Å². The molecule has 0 heterocycles. The molecule has 0 aliphatic heterocycles. The maximum absolute atomic E-state index is 12.5. The van der Waals surface area contributed by atoms with Crippen molar-refractivity contribution >= 4 is 46.4 Å². The van der Waals surface area contributed by atoms with Crippen LogP contribution in [0.4, 0.5) is 0 Å². The Labute approximate surface area is 428 Å². The molecule has 2 aliphatic carbocycles. The van der Waals surface area contributed by atoms with E-state index in [1.54, 1.807) is 12.4 Å². The quantitative estimate of drug-likeness (QED) is 0.108. The van der Waals surface area contributed by atoms with Crippen LogP contribution in [-0.4, -0.2) is 69.5 Å². The second kappa shape index (κ2) is 20.3. The van der Waals surface area contributed by atoms with Gasteiger partial charge in [-0.3, -0.25) is 20.0 Å². The van der Waals surface area contributed by atoms with Gasteiger partial charge in [-0.2, -0.15) is 0 Å². The molecule has 2 fully saturated rings. The average Bonchev–Trinajstić information content (AvgIpc) is 3.31. The average molecular weight is 967 g/mol. The van der Waals surface area contributed by atoms with E-state index >= 15 is 0 Å². The van der Waals surface area contributed by atoms with Crippen molar-refractivity contribution in [1.29, 1.82) is 0 Å². The highest BCUT2D eigenvalue weighted by Crippen LogP contribution is 2.48. The normalized spacial score (nSPS) is 19.8. The summed E-state index contributed by atoms with van der Waals surface area (Å²) in [6.07, 6.45) is 14.8. The fourth-order valence-electron chi connectivity index (χ4n) is 10.5. The minimum Gasteiger partial charge on any atom is -0.507 e. The summed E-state index contributed by atoms with van der Waals surface area (Å²) in [4.78, 5) is 20.6. The van der Waals surface area contributed by atoms with Crippen molar-refractivity contribution in [3.63, 3.8) is 0 Å². The first-order chi connectivity index (χ1) is 33.9. The molecule has 0 saturated heterocycles. The summed E-state index contributed by atoms with van der Waals surface area (Å²) in [6.45, 7) is 25.9. The van der Waals surface area contributed by atoms with E-state index in [2.05, 4.69) is 107 Å². The molecular formula is C64H78N4O4. The van der Waals surface area contributed by atoms with E-state index in [1.807, 2.05) is 73.1 Å². The van der Waals surface area contributed by atoms with Gasteiger partial charge in [0.2, 0.25) is 0 Å². The molecule has 2 saturated carbocycles. The first-order valence-corrected chi connectivity index (χ1v) is 26.3. The highest BCUT2D eigenvalue weighted by molar-refractivity contribution is 6.14. The van der Waals surface area contributed by atoms with Crippen LogP contribution in [0.25, 0.3) is 32.7 Å².